The first-order chi connectivity index (χ1) is 19.1. The van der Waals surface area contributed by atoms with Gasteiger partial charge < -0.3 is 14.8 Å². The van der Waals surface area contributed by atoms with Gasteiger partial charge in [-0.1, -0.05) is 90.9 Å². The topological polar surface area (TPSA) is 64.6 Å². The quantitative estimate of drug-likeness (QED) is 0.268. The minimum Gasteiger partial charge on any atom is -0.392 e. The molecule has 0 spiro atoms. The molecule has 0 saturated heterocycles. The second-order valence-corrected chi connectivity index (χ2v) is 9.42. The highest BCUT2D eigenvalue weighted by Gasteiger charge is 2.28. The third-order valence-electron chi connectivity index (χ3n) is 7.10. The zero-order valence-electron chi connectivity index (χ0n) is 21.3. The van der Waals surface area contributed by atoms with E-state index >= 15 is 0 Å². The average molecular weight is 509 g/mol. The van der Waals surface area contributed by atoms with Crippen molar-refractivity contribution in [1.29, 1.82) is 0 Å². The Kier molecular flexibility index (Phi) is 6.13. The number of rotatable bonds is 3. The Labute approximate surface area is 226 Å². The second-order valence-electron chi connectivity index (χ2n) is 9.42. The van der Waals surface area contributed by atoms with Crippen LogP contribution in [0.25, 0.3) is 38.4 Å². The molecule has 0 aliphatic carbocycles. The largest absolute Gasteiger partial charge is 0.392 e. The molecule has 2 aliphatic heterocycles. The number of aliphatic hydroxyl groups is 1. The number of aliphatic hydroxyl groups excluding tert-OH is 1. The fourth-order valence-corrected chi connectivity index (χ4v) is 5.18. The normalized spacial score (nSPS) is 12.4. The van der Waals surface area contributed by atoms with E-state index in [1.54, 1.807) is 4.57 Å². The van der Waals surface area contributed by atoms with Crippen molar-refractivity contribution in [3.05, 3.63) is 136 Å². The predicted octanol–water partition coefficient (Wildman–Crippen LogP) is 6.78. The van der Waals surface area contributed by atoms with Crippen LogP contribution in [0.2, 0.25) is 0 Å². The number of hydrogen-bond acceptors (Lipinski definition) is 3. The van der Waals surface area contributed by atoms with E-state index in [2.05, 4.69) is 50.4 Å². The maximum Gasteiger partial charge on any atom is 0.294 e. The van der Waals surface area contributed by atoms with Crippen LogP contribution in [-0.2, 0) is 19.4 Å². The maximum atomic E-state index is 9.14. The van der Waals surface area contributed by atoms with Gasteiger partial charge in [-0.2, -0.15) is 0 Å². The second kappa shape index (κ2) is 9.90. The highest BCUT2D eigenvalue weighted by molar-refractivity contribution is 5.83. The lowest BCUT2D eigenvalue weighted by atomic mass is 10.1. The van der Waals surface area contributed by atoms with Crippen molar-refractivity contribution in [3.8, 4) is 16.9 Å². The third-order valence-corrected chi connectivity index (χ3v) is 7.10. The van der Waals surface area contributed by atoms with Crippen LogP contribution in [0.1, 0.15) is 34.0 Å². The molecule has 1 N–H and O–H groups in total. The number of imidazole rings is 2. The summed E-state index contributed by atoms with van der Waals surface area (Å²) in [6.07, 6.45) is 3.47. The molecule has 188 valence electrons. The summed E-state index contributed by atoms with van der Waals surface area (Å²) < 4.78 is 3.98. The summed E-state index contributed by atoms with van der Waals surface area (Å²) in [5, 5.41) is 9.14. The van der Waals surface area contributed by atoms with E-state index in [-0.39, 0.29) is 12.4 Å². The van der Waals surface area contributed by atoms with Crippen LogP contribution >= 0.6 is 0 Å². The van der Waals surface area contributed by atoms with Gasteiger partial charge >= 0.3 is 0 Å². The monoisotopic (exact) mass is 508 g/mol. The van der Waals surface area contributed by atoms with E-state index in [0.29, 0.717) is 12.2 Å². The first kappa shape index (κ1) is 24.1. The molecule has 0 unspecified atom stereocenters. The van der Waals surface area contributed by atoms with Crippen molar-refractivity contribution in [1.82, 2.24) is 19.1 Å². The number of aromatic nitrogens is 4. The summed E-state index contributed by atoms with van der Waals surface area (Å²) in [7, 11) is 0. The summed E-state index contributed by atoms with van der Waals surface area (Å²) in [6.45, 7) is 16.3. The smallest absolute Gasteiger partial charge is 0.294 e. The van der Waals surface area contributed by atoms with E-state index in [0.717, 1.165) is 46.0 Å². The van der Waals surface area contributed by atoms with Crippen molar-refractivity contribution in [2.24, 2.45) is 0 Å². The molecule has 0 radical (unpaired) electrons. The van der Waals surface area contributed by atoms with Crippen LogP contribution in [0.5, 0.6) is 0 Å². The molecule has 5 aromatic rings. The van der Waals surface area contributed by atoms with E-state index < -0.39 is 0 Å². The Balaban J connectivity index is 0.000000144. The standard InChI is InChI=1S/C18H16N2O.C14H8N4/c1-12-18(14-8-6-13(11-21)7-9-14)19-17-10-15-4-2-3-5-16(15)20(12)17;1-15-13-14(16-2)18-9-11(8-12(18)17-13)10-6-4-3-5-7-10/h2-9,21H,10-11H2,1H3;3-7,9H,8H2. The first-order valence-electron chi connectivity index (χ1n) is 12.6. The molecule has 2 aliphatic rings. The molecule has 39 heavy (non-hydrogen) atoms. The maximum absolute atomic E-state index is 9.14. The van der Waals surface area contributed by atoms with Gasteiger partial charge in [-0.05, 0) is 29.7 Å². The number of para-hydroxylation sites is 1. The molecule has 7 rings (SSSR count). The Morgan fingerprint density at radius 3 is 2.28 bits per heavy atom. The summed E-state index contributed by atoms with van der Waals surface area (Å²) >= 11 is 0. The zero-order chi connectivity index (χ0) is 26.9. The van der Waals surface area contributed by atoms with E-state index in [1.807, 2.05) is 60.8 Å². The molecule has 7 heteroatoms. The summed E-state index contributed by atoms with van der Waals surface area (Å²) in [6, 6.07) is 26.4. The molecule has 0 amide bonds. The lowest BCUT2D eigenvalue weighted by molar-refractivity contribution is 0.282. The van der Waals surface area contributed by atoms with Gasteiger partial charge in [0.05, 0.1) is 30.6 Å². The van der Waals surface area contributed by atoms with Crippen LogP contribution in [0.3, 0.4) is 0 Å². The first-order valence-corrected chi connectivity index (χ1v) is 12.6. The van der Waals surface area contributed by atoms with Gasteiger partial charge in [0.1, 0.15) is 5.82 Å². The molecule has 7 nitrogen and oxygen atoms in total. The number of benzene rings is 3. The van der Waals surface area contributed by atoms with Crippen LogP contribution in [0.4, 0.5) is 11.6 Å². The van der Waals surface area contributed by atoms with Gasteiger partial charge in [0.25, 0.3) is 17.5 Å². The zero-order valence-corrected chi connectivity index (χ0v) is 21.3. The Morgan fingerprint density at radius 1 is 0.821 bits per heavy atom. The third kappa shape index (κ3) is 4.21. The highest BCUT2D eigenvalue weighted by Crippen LogP contribution is 2.37. The van der Waals surface area contributed by atoms with Gasteiger partial charge in [0.2, 0.25) is 0 Å². The van der Waals surface area contributed by atoms with E-state index in [9.17, 15) is 0 Å². The van der Waals surface area contributed by atoms with Crippen LogP contribution in [-0.4, -0.2) is 24.2 Å². The van der Waals surface area contributed by atoms with Gasteiger partial charge in [0, 0.05) is 23.3 Å². The summed E-state index contributed by atoms with van der Waals surface area (Å²) in [5.74, 6) is 2.38. The fourth-order valence-electron chi connectivity index (χ4n) is 5.18. The van der Waals surface area contributed by atoms with Gasteiger partial charge in [-0.15, -0.1) is 0 Å². The van der Waals surface area contributed by atoms with Gasteiger partial charge in [-0.25, -0.2) is 9.55 Å². The Bertz CT molecular complexity index is 1810. The summed E-state index contributed by atoms with van der Waals surface area (Å²) in [4.78, 5) is 15.7. The molecule has 0 atom stereocenters. The van der Waals surface area contributed by atoms with Crippen molar-refractivity contribution in [3.63, 3.8) is 0 Å². The number of fused-ring (bicyclic) bond motifs is 4. The van der Waals surface area contributed by atoms with Gasteiger partial charge in [0.15, 0.2) is 0 Å². The van der Waals surface area contributed by atoms with Crippen molar-refractivity contribution < 1.29 is 5.11 Å². The van der Waals surface area contributed by atoms with Crippen molar-refractivity contribution >= 4 is 23.4 Å². The van der Waals surface area contributed by atoms with Crippen LogP contribution in [0.15, 0.2) is 78.9 Å². The highest BCUT2D eigenvalue weighted by atomic mass is 16.3. The van der Waals surface area contributed by atoms with E-state index in [4.69, 9.17) is 23.2 Å². The molecular formula is C32H24N6O. The Hall–Kier alpha value is -5.24. The summed E-state index contributed by atoms with van der Waals surface area (Å²) in [5.41, 5.74) is 9.07. The molecule has 0 saturated carbocycles. The average Bonchev–Trinajstić information content (AvgIpc) is 3.73. The predicted molar refractivity (Wildman–Crippen MR) is 152 cm³/mol. The molecule has 3 aromatic carbocycles. The lowest BCUT2D eigenvalue weighted by Crippen LogP contribution is -1.95. The molecule has 4 heterocycles. The SMILES string of the molecule is Cc1c(-c2ccc(CO)cc2)nc2n1-c1ccccc1C2.[C-]#[N+]c1nc2n(c1[N+]#[C-])C=C(c1ccccc1)C2. The van der Waals surface area contributed by atoms with Crippen LogP contribution < -0.4 is 0 Å². The number of nitrogens with zero attached hydrogens (tertiary/aromatic N) is 6. The van der Waals surface area contributed by atoms with E-state index in [1.165, 1.54) is 16.9 Å². The number of allylic oxidation sites excluding steroid dienone is 1. The lowest BCUT2D eigenvalue weighted by Gasteiger charge is -2.06. The minimum absolute atomic E-state index is 0.0757. The molecule has 0 fully saturated rings. The number of hydrogen-bond donors (Lipinski definition) is 1. The van der Waals surface area contributed by atoms with Gasteiger partial charge in [-0.3, -0.25) is 4.57 Å². The van der Waals surface area contributed by atoms with Crippen molar-refractivity contribution in [2.75, 3.05) is 0 Å². The Morgan fingerprint density at radius 2 is 1.56 bits per heavy atom. The minimum atomic E-state index is 0.0757. The molecule has 2 aromatic heterocycles. The van der Waals surface area contributed by atoms with Crippen LogP contribution in [0, 0.1) is 20.1 Å². The fraction of sp³-hybridized carbons (Fsp3) is 0.125. The molecular weight excluding hydrogens is 484 g/mol. The molecule has 0 bridgehead atoms. The van der Waals surface area contributed by atoms with Crippen molar-refractivity contribution in [2.45, 2.75) is 26.4 Å².